The number of hydrogen-bond donors (Lipinski definition) is 0. The second kappa shape index (κ2) is 6.75. The molecule has 6 heteroatoms. The zero-order valence-corrected chi connectivity index (χ0v) is 13.8. The first-order chi connectivity index (χ1) is 11.2. The van der Waals surface area contributed by atoms with Crippen LogP contribution in [-0.2, 0) is 13.7 Å². The third-order valence-corrected chi connectivity index (χ3v) is 4.33. The Balaban J connectivity index is 1.62. The average molecular weight is 327 g/mol. The smallest absolute Gasteiger partial charge is 0.162 e. The maximum absolute atomic E-state index is 11.6. The van der Waals surface area contributed by atoms with Crippen molar-refractivity contribution in [3.05, 3.63) is 53.3 Å². The molecule has 2 heterocycles. The lowest BCUT2D eigenvalue weighted by atomic mass is 10.1. The lowest BCUT2D eigenvalue weighted by Crippen LogP contribution is -1.98. The number of rotatable bonds is 6. The molecule has 0 radical (unpaired) electrons. The molecule has 0 aliphatic heterocycles. The van der Waals surface area contributed by atoms with Crippen molar-refractivity contribution in [2.75, 3.05) is 0 Å². The van der Waals surface area contributed by atoms with E-state index in [2.05, 4.69) is 10.1 Å². The monoisotopic (exact) mass is 327 g/mol. The minimum Gasteiger partial charge on any atom is -0.487 e. The van der Waals surface area contributed by atoms with Crippen LogP contribution in [0, 0.1) is 0 Å². The molecule has 0 amide bonds. The van der Waals surface area contributed by atoms with Gasteiger partial charge in [0.2, 0.25) is 0 Å². The molecule has 23 heavy (non-hydrogen) atoms. The fraction of sp³-hybridized carbons (Fsp3) is 0.235. The zero-order valence-electron chi connectivity index (χ0n) is 13.0. The van der Waals surface area contributed by atoms with E-state index in [1.165, 1.54) is 0 Å². The number of hydrogen-bond acceptors (Lipinski definition) is 5. The third kappa shape index (κ3) is 3.65. The van der Waals surface area contributed by atoms with E-state index in [-0.39, 0.29) is 5.78 Å². The first-order valence-electron chi connectivity index (χ1n) is 7.35. The fourth-order valence-corrected chi connectivity index (χ4v) is 2.92. The summed E-state index contributed by atoms with van der Waals surface area (Å²) in [4.78, 5) is 16.1. The number of aromatic nitrogens is 3. The molecule has 0 unspecified atom stereocenters. The number of nitrogens with zero attached hydrogens (tertiary/aromatic N) is 3. The molecule has 0 aliphatic rings. The summed E-state index contributed by atoms with van der Waals surface area (Å²) in [5.41, 5.74) is 2.60. The summed E-state index contributed by atoms with van der Waals surface area (Å²) in [5.74, 6) is 0.866. The van der Waals surface area contributed by atoms with Gasteiger partial charge in [0.05, 0.1) is 11.9 Å². The van der Waals surface area contributed by atoms with Crippen molar-refractivity contribution >= 4 is 17.1 Å². The molecular formula is C17H17N3O2S. The molecule has 3 rings (SSSR count). The topological polar surface area (TPSA) is 57.0 Å². The lowest BCUT2D eigenvalue weighted by Gasteiger charge is -2.05. The second-order valence-electron chi connectivity index (χ2n) is 5.14. The summed E-state index contributed by atoms with van der Waals surface area (Å²) in [6, 6.07) is 7.22. The SMILES string of the molecule is CCC(=O)c1ccc(OCc2csc(-c3cnn(C)c3)n2)cc1. The van der Waals surface area contributed by atoms with Crippen molar-refractivity contribution in [2.45, 2.75) is 20.0 Å². The van der Waals surface area contributed by atoms with Crippen LogP contribution in [0.25, 0.3) is 10.6 Å². The summed E-state index contributed by atoms with van der Waals surface area (Å²) >= 11 is 1.57. The van der Waals surface area contributed by atoms with E-state index in [0.717, 1.165) is 22.0 Å². The van der Waals surface area contributed by atoms with Gasteiger partial charge in [-0.1, -0.05) is 6.92 Å². The van der Waals surface area contributed by atoms with Crippen LogP contribution < -0.4 is 4.74 Å². The van der Waals surface area contributed by atoms with Crippen molar-refractivity contribution in [1.82, 2.24) is 14.8 Å². The number of benzene rings is 1. The molecule has 2 aromatic heterocycles. The largest absolute Gasteiger partial charge is 0.487 e. The summed E-state index contributed by atoms with van der Waals surface area (Å²) in [5, 5.41) is 7.06. The summed E-state index contributed by atoms with van der Waals surface area (Å²) in [6.45, 7) is 2.26. The summed E-state index contributed by atoms with van der Waals surface area (Å²) in [6.07, 6.45) is 4.25. The van der Waals surface area contributed by atoms with Gasteiger partial charge >= 0.3 is 0 Å². The zero-order chi connectivity index (χ0) is 16.2. The number of carbonyl (C=O) groups is 1. The normalized spacial score (nSPS) is 10.7. The predicted octanol–water partition coefficient (Wildman–Crippen LogP) is 3.72. The number of ketones is 1. The molecule has 0 bridgehead atoms. The van der Waals surface area contributed by atoms with Crippen molar-refractivity contribution in [3.63, 3.8) is 0 Å². The Hall–Kier alpha value is -2.47. The molecule has 1 aromatic carbocycles. The quantitative estimate of drug-likeness (QED) is 0.648. The highest BCUT2D eigenvalue weighted by Gasteiger charge is 2.08. The van der Waals surface area contributed by atoms with E-state index in [0.29, 0.717) is 18.6 Å². The van der Waals surface area contributed by atoms with Crippen LogP contribution in [-0.4, -0.2) is 20.5 Å². The van der Waals surface area contributed by atoms with Gasteiger partial charge in [0.1, 0.15) is 17.4 Å². The molecule has 118 valence electrons. The van der Waals surface area contributed by atoms with Gasteiger partial charge < -0.3 is 4.74 Å². The Kier molecular flexibility index (Phi) is 4.52. The van der Waals surface area contributed by atoms with Gasteiger partial charge in [-0.2, -0.15) is 5.10 Å². The van der Waals surface area contributed by atoms with Gasteiger partial charge in [0.15, 0.2) is 5.78 Å². The number of aryl methyl sites for hydroxylation is 1. The van der Waals surface area contributed by atoms with Crippen LogP contribution in [0.1, 0.15) is 29.4 Å². The third-order valence-electron chi connectivity index (χ3n) is 3.39. The molecule has 5 nitrogen and oxygen atoms in total. The highest BCUT2D eigenvalue weighted by Crippen LogP contribution is 2.23. The van der Waals surface area contributed by atoms with Gasteiger partial charge in [-0.3, -0.25) is 9.48 Å². The maximum atomic E-state index is 11.6. The first kappa shape index (κ1) is 15.4. The molecule has 0 saturated carbocycles. The van der Waals surface area contributed by atoms with Gasteiger partial charge in [-0.15, -0.1) is 11.3 Å². The average Bonchev–Trinajstić information content (AvgIpc) is 3.21. The van der Waals surface area contributed by atoms with E-state index in [9.17, 15) is 4.79 Å². The summed E-state index contributed by atoms with van der Waals surface area (Å²) < 4.78 is 7.48. The Morgan fingerprint density at radius 2 is 2.09 bits per heavy atom. The van der Waals surface area contributed by atoms with E-state index >= 15 is 0 Å². The molecule has 0 spiro atoms. The van der Waals surface area contributed by atoms with Gasteiger partial charge in [-0.05, 0) is 24.3 Å². The van der Waals surface area contributed by atoms with Gasteiger partial charge in [0.25, 0.3) is 0 Å². The van der Waals surface area contributed by atoms with Crippen LogP contribution in [0.4, 0.5) is 0 Å². The van der Waals surface area contributed by atoms with Crippen LogP contribution in [0.3, 0.4) is 0 Å². The number of Topliss-reactive ketones (excluding diaryl/α,β-unsaturated/α-hetero) is 1. The predicted molar refractivity (Wildman–Crippen MR) is 89.7 cm³/mol. The van der Waals surface area contributed by atoms with Gasteiger partial charge in [-0.25, -0.2) is 4.98 Å². The number of ether oxygens (including phenoxy) is 1. The fourth-order valence-electron chi connectivity index (χ4n) is 2.14. The highest BCUT2D eigenvalue weighted by atomic mass is 32.1. The molecule has 3 aromatic rings. The van der Waals surface area contributed by atoms with Crippen LogP contribution >= 0.6 is 11.3 Å². The minimum absolute atomic E-state index is 0.136. The molecule has 0 aliphatic carbocycles. The summed E-state index contributed by atoms with van der Waals surface area (Å²) in [7, 11) is 1.88. The van der Waals surface area contributed by atoms with Crippen LogP contribution in [0.2, 0.25) is 0 Å². The molecule has 0 atom stereocenters. The van der Waals surface area contributed by atoms with E-state index in [1.54, 1.807) is 34.3 Å². The Bertz CT molecular complexity index is 805. The minimum atomic E-state index is 0.136. The van der Waals surface area contributed by atoms with Crippen molar-refractivity contribution in [2.24, 2.45) is 7.05 Å². The first-order valence-corrected chi connectivity index (χ1v) is 8.23. The lowest BCUT2D eigenvalue weighted by molar-refractivity contribution is 0.0988. The number of carbonyl (C=O) groups excluding carboxylic acids is 1. The van der Waals surface area contributed by atoms with Crippen LogP contribution in [0.5, 0.6) is 5.75 Å². The van der Waals surface area contributed by atoms with Crippen molar-refractivity contribution in [1.29, 1.82) is 0 Å². The van der Waals surface area contributed by atoms with E-state index in [1.807, 2.05) is 37.7 Å². The Morgan fingerprint density at radius 3 is 2.74 bits per heavy atom. The highest BCUT2D eigenvalue weighted by molar-refractivity contribution is 7.13. The van der Waals surface area contributed by atoms with E-state index in [4.69, 9.17) is 4.74 Å². The maximum Gasteiger partial charge on any atom is 0.162 e. The Labute approximate surface area is 138 Å². The standard InChI is InChI=1S/C17H17N3O2S/c1-3-16(21)12-4-6-15(7-5-12)22-10-14-11-23-17(19-14)13-8-18-20(2)9-13/h4-9,11H,3,10H2,1-2H3. The van der Waals surface area contributed by atoms with Crippen LogP contribution in [0.15, 0.2) is 42.0 Å². The molecule has 0 saturated heterocycles. The van der Waals surface area contributed by atoms with Crippen molar-refractivity contribution in [3.8, 4) is 16.3 Å². The van der Waals surface area contributed by atoms with Crippen molar-refractivity contribution < 1.29 is 9.53 Å². The molecular weight excluding hydrogens is 310 g/mol. The van der Waals surface area contributed by atoms with Gasteiger partial charge in [0, 0.05) is 36.2 Å². The van der Waals surface area contributed by atoms with E-state index < -0.39 is 0 Å². The Morgan fingerprint density at radius 1 is 1.30 bits per heavy atom. The number of thiazole rings is 1. The second-order valence-corrected chi connectivity index (χ2v) is 5.99. The molecule has 0 N–H and O–H groups in total. The molecule has 0 fully saturated rings.